The third-order valence-electron chi connectivity index (χ3n) is 4.29. The van der Waals surface area contributed by atoms with Crippen LogP contribution in [0, 0.1) is 5.92 Å². The smallest absolute Gasteiger partial charge is 0.410 e. The first-order valence-corrected chi connectivity index (χ1v) is 7.72. The number of amides is 1. The first kappa shape index (κ1) is 15.5. The molecule has 23 heavy (non-hydrogen) atoms. The largest absolute Gasteiger partial charge is 0.460 e. The molecule has 1 aromatic carbocycles. The van der Waals surface area contributed by atoms with Crippen LogP contribution in [0.4, 0.5) is 4.79 Å². The van der Waals surface area contributed by atoms with E-state index in [1.165, 1.54) is 11.8 Å². The fourth-order valence-electron chi connectivity index (χ4n) is 3.37. The highest BCUT2D eigenvalue weighted by Gasteiger charge is 2.50. The second-order valence-electron chi connectivity index (χ2n) is 6.06. The number of piperidine rings is 2. The van der Waals surface area contributed by atoms with Gasteiger partial charge in [0.05, 0.1) is 0 Å². The molecule has 3 fully saturated rings. The van der Waals surface area contributed by atoms with Crippen molar-refractivity contribution in [3.8, 4) is 0 Å². The van der Waals surface area contributed by atoms with E-state index in [0.717, 1.165) is 5.56 Å². The van der Waals surface area contributed by atoms with E-state index in [4.69, 9.17) is 9.47 Å². The average Bonchev–Trinajstić information content (AvgIpc) is 2.52. The molecule has 6 heteroatoms. The van der Waals surface area contributed by atoms with Crippen LogP contribution in [-0.2, 0) is 25.7 Å². The predicted octanol–water partition coefficient (Wildman–Crippen LogP) is 1.92. The number of nitrogens with zero attached hydrogens (tertiary/aromatic N) is 1. The SMILES string of the molecule is CC(=O)OC1CC2CC(=O)C1N(C(=O)OCc1ccccc1)C2. The minimum atomic E-state index is -0.716. The maximum absolute atomic E-state index is 12.3. The molecule has 6 nitrogen and oxygen atoms in total. The molecule has 4 rings (SSSR count). The molecule has 3 unspecified atom stereocenters. The first-order chi connectivity index (χ1) is 11.0. The summed E-state index contributed by atoms with van der Waals surface area (Å²) in [7, 11) is 0. The Hall–Kier alpha value is -2.37. The Bertz CT molecular complexity index is 615. The summed E-state index contributed by atoms with van der Waals surface area (Å²) in [6, 6.07) is 8.63. The van der Waals surface area contributed by atoms with Gasteiger partial charge in [-0.25, -0.2) is 4.79 Å². The maximum Gasteiger partial charge on any atom is 0.410 e. The lowest BCUT2D eigenvalue weighted by molar-refractivity contribution is -0.162. The zero-order chi connectivity index (χ0) is 16.4. The summed E-state index contributed by atoms with van der Waals surface area (Å²) < 4.78 is 10.5. The summed E-state index contributed by atoms with van der Waals surface area (Å²) in [5.74, 6) is -0.468. The molecular weight excluding hydrogens is 298 g/mol. The van der Waals surface area contributed by atoms with Crippen molar-refractivity contribution in [1.29, 1.82) is 0 Å². The zero-order valence-electron chi connectivity index (χ0n) is 12.9. The molecule has 3 atom stereocenters. The van der Waals surface area contributed by atoms with Crippen molar-refractivity contribution >= 4 is 17.8 Å². The topological polar surface area (TPSA) is 72.9 Å². The summed E-state index contributed by atoms with van der Waals surface area (Å²) in [6.45, 7) is 1.94. The van der Waals surface area contributed by atoms with Crippen molar-refractivity contribution in [3.05, 3.63) is 35.9 Å². The van der Waals surface area contributed by atoms with E-state index in [1.54, 1.807) is 0 Å². The fourth-order valence-corrected chi connectivity index (χ4v) is 3.37. The van der Waals surface area contributed by atoms with Crippen LogP contribution < -0.4 is 0 Å². The van der Waals surface area contributed by atoms with Gasteiger partial charge in [0.1, 0.15) is 18.8 Å². The second kappa shape index (κ2) is 6.40. The number of hydrogen-bond acceptors (Lipinski definition) is 5. The number of ether oxygens (including phenoxy) is 2. The summed E-state index contributed by atoms with van der Waals surface area (Å²) in [6.07, 6.45) is -0.0332. The summed E-state index contributed by atoms with van der Waals surface area (Å²) in [5, 5.41) is 0. The second-order valence-corrected chi connectivity index (χ2v) is 6.06. The van der Waals surface area contributed by atoms with Crippen LogP contribution in [0.5, 0.6) is 0 Å². The average molecular weight is 317 g/mol. The quantitative estimate of drug-likeness (QED) is 0.796. The van der Waals surface area contributed by atoms with Crippen LogP contribution >= 0.6 is 0 Å². The van der Waals surface area contributed by atoms with Gasteiger partial charge in [-0.05, 0) is 17.9 Å². The molecule has 0 radical (unpaired) electrons. The highest BCUT2D eigenvalue weighted by atomic mass is 16.6. The molecule has 2 bridgehead atoms. The number of fused-ring (bicyclic) bond motifs is 3. The molecule has 122 valence electrons. The minimum Gasteiger partial charge on any atom is -0.460 e. The molecule has 0 N–H and O–H groups in total. The Morgan fingerprint density at radius 1 is 1.26 bits per heavy atom. The van der Waals surface area contributed by atoms with E-state index < -0.39 is 24.2 Å². The van der Waals surface area contributed by atoms with Gasteiger partial charge < -0.3 is 9.47 Å². The van der Waals surface area contributed by atoms with Crippen molar-refractivity contribution in [2.24, 2.45) is 5.92 Å². The molecule has 1 saturated carbocycles. The van der Waals surface area contributed by atoms with E-state index in [0.29, 0.717) is 19.4 Å². The number of ketones is 1. The Morgan fingerprint density at radius 3 is 2.65 bits per heavy atom. The molecule has 1 aromatic rings. The van der Waals surface area contributed by atoms with Crippen LogP contribution in [0.15, 0.2) is 30.3 Å². The molecule has 2 saturated heterocycles. The molecule has 0 aromatic heterocycles. The normalized spacial score (nSPS) is 26.0. The van der Waals surface area contributed by atoms with Gasteiger partial charge in [-0.3, -0.25) is 14.5 Å². The number of carbonyl (C=O) groups excluding carboxylic acids is 3. The molecule has 1 amide bonds. The summed E-state index contributed by atoms with van der Waals surface area (Å²) >= 11 is 0. The molecule has 1 aliphatic carbocycles. The van der Waals surface area contributed by atoms with Crippen molar-refractivity contribution < 1.29 is 23.9 Å². The third-order valence-corrected chi connectivity index (χ3v) is 4.29. The van der Waals surface area contributed by atoms with Crippen molar-refractivity contribution in [1.82, 2.24) is 4.90 Å². The van der Waals surface area contributed by atoms with Gasteiger partial charge in [-0.15, -0.1) is 0 Å². The lowest BCUT2D eigenvalue weighted by Gasteiger charge is -2.46. The lowest BCUT2D eigenvalue weighted by atomic mass is 9.77. The van der Waals surface area contributed by atoms with E-state index in [9.17, 15) is 14.4 Å². The Labute approximate surface area is 134 Å². The van der Waals surface area contributed by atoms with Crippen LogP contribution in [0.2, 0.25) is 0 Å². The Balaban J connectivity index is 1.67. The van der Waals surface area contributed by atoms with E-state index in [1.807, 2.05) is 30.3 Å². The van der Waals surface area contributed by atoms with Crippen molar-refractivity contribution in [2.45, 2.75) is 38.5 Å². The van der Waals surface area contributed by atoms with Gasteiger partial charge in [0, 0.05) is 19.9 Å². The van der Waals surface area contributed by atoms with Gasteiger partial charge in [-0.1, -0.05) is 30.3 Å². The molecule has 2 aliphatic heterocycles. The molecule has 2 heterocycles. The first-order valence-electron chi connectivity index (χ1n) is 7.72. The lowest BCUT2D eigenvalue weighted by Crippen LogP contribution is -2.63. The summed E-state index contributed by atoms with van der Waals surface area (Å²) in [4.78, 5) is 37.2. The highest BCUT2D eigenvalue weighted by Crippen LogP contribution is 2.35. The van der Waals surface area contributed by atoms with E-state index >= 15 is 0 Å². The van der Waals surface area contributed by atoms with Crippen LogP contribution in [0.3, 0.4) is 0 Å². The molecule has 3 aliphatic rings. The number of hydrogen-bond donors (Lipinski definition) is 0. The maximum atomic E-state index is 12.3. The highest BCUT2D eigenvalue weighted by molar-refractivity contribution is 5.90. The molecule has 0 spiro atoms. The van der Waals surface area contributed by atoms with E-state index in [2.05, 4.69) is 0 Å². The van der Waals surface area contributed by atoms with Crippen LogP contribution in [0.25, 0.3) is 0 Å². The van der Waals surface area contributed by atoms with Gasteiger partial charge in [0.2, 0.25) is 0 Å². The Kier molecular flexibility index (Phi) is 4.32. The number of Topliss-reactive ketones (excluding diaryl/α,β-unsaturated/α-hetero) is 1. The van der Waals surface area contributed by atoms with Gasteiger partial charge >= 0.3 is 12.1 Å². The van der Waals surface area contributed by atoms with Crippen LogP contribution in [0.1, 0.15) is 25.3 Å². The summed E-state index contributed by atoms with van der Waals surface area (Å²) in [5.41, 5.74) is 0.880. The number of rotatable bonds is 3. The standard InChI is InChI=1S/C17H19NO5/c1-11(19)23-15-8-13-7-14(20)16(15)18(9-13)17(21)22-10-12-5-3-2-4-6-12/h2-6,13,15-16H,7-10H2,1H3. The van der Waals surface area contributed by atoms with Crippen molar-refractivity contribution in [2.75, 3.05) is 6.54 Å². The van der Waals surface area contributed by atoms with E-state index in [-0.39, 0.29) is 18.3 Å². The Morgan fingerprint density at radius 2 is 2.00 bits per heavy atom. The number of benzene rings is 1. The number of carbonyl (C=O) groups is 3. The predicted molar refractivity (Wildman–Crippen MR) is 80.4 cm³/mol. The van der Waals surface area contributed by atoms with Crippen molar-refractivity contribution in [3.63, 3.8) is 0 Å². The zero-order valence-corrected chi connectivity index (χ0v) is 12.9. The third kappa shape index (κ3) is 3.36. The van der Waals surface area contributed by atoms with Crippen LogP contribution in [-0.4, -0.2) is 41.4 Å². The van der Waals surface area contributed by atoms with Gasteiger partial charge in [0.15, 0.2) is 5.78 Å². The fraction of sp³-hybridized carbons (Fsp3) is 0.471. The van der Waals surface area contributed by atoms with Gasteiger partial charge in [-0.2, -0.15) is 0 Å². The minimum absolute atomic E-state index is 0.0288. The van der Waals surface area contributed by atoms with Gasteiger partial charge in [0.25, 0.3) is 0 Å². The molecular formula is C17H19NO5. The monoisotopic (exact) mass is 317 g/mol. The number of esters is 1.